The van der Waals surface area contributed by atoms with E-state index in [2.05, 4.69) is 24.1 Å². The van der Waals surface area contributed by atoms with Crippen LogP contribution < -0.4 is 5.32 Å². The Hall–Kier alpha value is -2.60. The molecule has 1 aliphatic heterocycles. The van der Waals surface area contributed by atoms with Crippen LogP contribution in [0.3, 0.4) is 0 Å². The van der Waals surface area contributed by atoms with E-state index in [1.165, 1.54) is 12.5 Å². The maximum Gasteiger partial charge on any atom is 0.257 e. The number of hydrogen-bond acceptors (Lipinski definition) is 4. The Balaban J connectivity index is 1.49. The second-order valence-corrected chi connectivity index (χ2v) is 7.28. The number of rotatable bonds is 6. The Labute approximate surface area is 160 Å². The zero-order chi connectivity index (χ0) is 19.2. The van der Waals surface area contributed by atoms with E-state index >= 15 is 0 Å². The summed E-state index contributed by atoms with van der Waals surface area (Å²) < 4.78 is 4.98. The molecule has 3 rings (SSSR count). The summed E-state index contributed by atoms with van der Waals surface area (Å²) in [6.45, 7) is 7.18. The fourth-order valence-electron chi connectivity index (χ4n) is 3.40. The molecule has 1 aromatic heterocycles. The summed E-state index contributed by atoms with van der Waals surface area (Å²) in [6, 6.07) is 11.7. The Morgan fingerprint density at radius 3 is 2.37 bits per heavy atom. The maximum absolute atomic E-state index is 12.6. The Morgan fingerprint density at radius 2 is 1.78 bits per heavy atom. The molecule has 1 aliphatic rings. The highest BCUT2D eigenvalue weighted by molar-refractivity contribution is 5.93. The molecule has 0 saturated carbocycles. The van der Waals surface area contributed by atoms with Gasteiger partial charge in [-0.1, -0.05) is 44.2 Å². The number of piperazine rings is 1. The fourth-order valence-corrected chi connectivity index (χ4v) is 3.40. The van der Waals surface area contributed by atoms with Gasteiger partial charge >= 0.3 is 0 Å². The lowest BCUT2D eigenvalue weighted by Crippen LogP contribution is -2.51. The largest absolute Gasteiger partial charge is 0.472 e. The molecule has 2 heterocycles. The summed E-state index contributed by atoms with van der Waals surface area (Å²) in [6.07, 6.45) is 2.98. The summed E-state index contributed by atoms with van der Waals surface area (Å²) in [5.41, 5.74) is 1.69. The summed E-state index contributed by atoms with van der Waals surface area (Å²) in [4.78, 5) is 28.8. The van der Waals surface area contributed by atoms with Crippen LogP contribution in [0.15, 0.2) is 53.3 Å². The first-order chi connectivity index (χ1) is 13.0. The average molecular weight is 369 g/mol. The molecule has 2 aromatic rings. The summed E-state index contributed by atoms with van der Waals surface area (Å²) in [5, 5.41) is 3.16. The van der Waals surface area contributed by atoms with Gasteiger partial charge in [0.05, 0.1) is 24.4 Å². The van der Waals surface area contributed by atoms with Crippen molar-refractivity contribution in [3.8, 4) is 0 Å². The zero-order valence-corrected chi connectivity index (χ0v) is 15.9. The third-order valence-corrected chi connectivity index (χ3v) is 4.94. The van der Waals surface area contributed by atoms with E-state index in [0.717, 1.165) is 5.56 Å². The molecule has 1 fully saturated rings. The van der Waals surface area contributed by atoms with Gasteiger partial charge in [0.1, 0.15) is 6.26 Å². The first kappa shape index (κ1) is 19.2. The average Bonchev–Trinajstić information content (AvgIpc) is 3.21. The van der Waals surface area contributed by atoms with Gasteiger partial charge in [-0.25, -0.2) is 0 Å². The van der Waals surface area contributed by atoms with Gasteiger partial charge < -0.3 is 14.6 Å². The van der Waals surface area contributed by atoms with Crippen LogP contribution in [0.2, 0.25) is 0 Å². The van der Waals surface area contributed by atoms with E-state index in [9.17, 15) is 9.59 Å². The molecule has 6 heteroatoms. The van der Waals surface area contributed by atoms with Gasteiger partial charge in [-0.05, 0) is 17.5 Å². The van der Waals surface area contributed by atoms with E-state index in [0.29, 0.717) is 44.2 Å². The molecule has 0 radical (unpaired) electrons. The van der Waals surface area contributed by atoms with Crippen LogP contribution in [-0.2, 0) is 4.79 Å². The SMILES string of the molecule is CC(C)C(NC(=O)CN1CCN(C(=O)c2ccoc2)CC1)c1ccccc1. The normalized spacial score (nSPS) is 16.3. The summed E-state index contributed by atoms with van der Waals surface area (Å²) >= 11 is 0. The van der Waals surface area contributed by atoms with Crippen LogP contribution in [-0.4, -0.2) is 54.3 Å². The van der Waals surface area contributed by atoms with E-state index in [1.807, 2.05) is 30.3 Å². The number of nitrogens with zero attached hydrogens (tertiary/aromatic N) is 2. The van der Waals surface area contributed by atoms with Crippen molar-refractivity contribution in [2.45, 2.75) is 19.9 Å². The third-order valence-electron chi connectivity index (χ3n) is 4.94. The first-order valence-electron chi connectivity index (χ1n) is 9.42. The molecule has 0 aliphatic carbocycles. The highest BCUT2D eigenvalue weighted by Crippen LogP contribution is 2.21. The number of furan rings is 1. The van der Waals surface area contributed by atoms with Crippen LogP contribution in [0.4, 0.5) is 0 Å². The number of amides is 2. The molecule has 1 N–H and O–H groups in total. The molecule has 27 heavy (non-hydrogen) atoms. The number of carbonyl (C=O) groups excluding carboxylic acids is 2. The number of benzene rings is 1. The lowest BCUT2D eigenvalue weighted by atomic mass is 9.96. The quantitative estimate of drug-likeness (QED) is 0.850. The minimum absolute atomic E-state index is 0.00246. The minimum atomic E-state index is -0.0169. The smallest absolute Gasteiger partial charge is 0.257 e. The molecular weight excluding hydrogens is 342 g/mol. The third kappa shape index (κ3) is 4.98. The van der Waals surface area contributed by atoms with Crippen molar-refractivity contribution in [3.05, 3.63) is 60.1 Å². The molecular formula is C21H27N3O3. The van der Waals surface area contributed by atoms with E-state index in [1.54, 1.807) is 11.0 Å². The predicted octanol–water partition coefficient (Wildman–Crippen LogP) is 2.55. The Morgan fingerprint density at radius 1 is 1.07 bits per heavy atom. The van der Waals surface area contributed by atoms with Crippen molar-refractivity contribution in [2.75, 3.05) is 32.7 Å². The molecule has 1 unspecified atom stereocenters. The highest BCUT2D eigenvalue weighted by atomic mass is 16.3. The predicted molar refractivity (Wildman–Crippen MR) is 103 cm³/mol. The molecule has 2 amide bonds. The molecule has 1 atom stereocenters. The molecule has 0 bridgehead atoms. The molecule has 0 spiro atoms. The van der Waals surface area contributed by atoms with Crippen molar-refractivity contribution in [2.24, 2.45) is 5.92 Å². The Kier molecular flexibility index (Phi) is 6.29. The fraction of sp³-hybridized carbons (Fsp3) is 0.429. The van der Waals surface area contributed by atoms with Gasteiger partial charge in [0, 0.05) is 26.2 Å². The monoisotopic (exact) mass is 369 g/mol. The van der Waals surface area contributed by atoms with Crippen molar-refractivity contribution in [3.63, 3.8) is 0 Å². The van der Waals surface area contributed by atoms with Crippen LogP contribution >= 0.6 is 0 Å². The van der Waals surface area contributed by atoms with Gasteiger partial charge in [-0.3, -0.25) is 14.5 Å². The molecule has 144 valence electrons. The van der Waals surface area contributed by atoms with E-state index in [4.69, 9.17) is 4.42 Å². The summed E-state index contributed by atoms with van der Waals surface area (Å²) in [7, 11) is 0. The molecule has 1 saturated heterocycles. The second-order valence-electron chi connectivity index (χ2n) is 7.28. The minimum Gasteiger partial charge on any atom is -0.472 e. The standard InChI is InChI=1S/C21H27N3O3/c1-16(2)20(17-6-4-3-5-7-17)22-19(25)14-23-9-11-24(12-10-23)21(26)18-8-13-27-15-18/h3-8,13,15-16,20H,9-12,14H2,1-2H3,(H,22,25). The topological polar surface area (TPSA) is 65.8 Å². The van der Waals surface area contributed by atoms with Gasteiger partial charge in [-0.2, -0.15) is 0 Å². The van der Waals surface area contributed by atoms with Crippen molar-refractivity contribution < 1.29 is 14.0 Å². The highest BCUT2D eigenvalue weighted by Gasteiger charge is 2.25. The van der Waals surface area contributed by atoms with E-state index < -0.39 is 0 Å². The van der Waals surface area contributed by atoms with Crippen molar-refractivity contribution in [1.82, 2.24) is 15.1 Å². The van der Waals surface area contributed by atoms with Crippen molar-refractivity contribution in [1.29, 1.82) is 0 Å². The molecule has 6 nitrogen and oxygen atoms in total. The van der Waals surface area contributed by atoms with Crippen molar-refractivity contribution >= 4 is 11.8 Å². The first-order valence-corrected chi connectivity index (χ1v) is 9.42. The lowest BCUT2D eigenvalue weighted by Gasteiger charge is -2.34. The van der Waals surface area contributed by atoms with Gasteiger partial charge in [-0.15, -0.1) is 0 Å². The molecule has 1 aromatic carbocycles. The van der Waals surface area contributed by atoms with Crippen LogP contribution in [0, 0.1) is 5.92 Å². The Bertz CT molecular complexity index is 735. The second kappa shape index (κ2) is 8.86. The van der Waals surface area contributed by atoms with Gasteiger partial charge in [0.15, 0.2) is 0 Å². The van der Waals surface area contributed by atoms with Crippen LogP contribution in [0.25, 0.3) is 0 Å². The lowest BCUT2D eigenvalue weighted by molar-refractivity contribution is -0.123. The van der Waals surface area contributed by atoms with Gasteiger partial charge in [0.2, 0.25) is 5.91 Å². The van der Waals surface area contributed by atoms with Gasteiger partial charge in [0.25, 0.3) is 5.91 Å². The number of nitrogens with one attached hydrogen (secondary N) is 1. The van der Waals surface area contributed by atoms with Crippen LogP contribution in [0.5, 0.6) is 0 Å². The zero-order valence-electron chi connectivity index (χ0n) is 15.9. The van der Waals surface area contributed by atoms with E-state index in [-0.39, 0.29) is 17.9 Å². The summed E-state index contributed by atoms with van der Waals surface area (Å²) in [5.74, 6) is 0.310. The number of hydrogen-bond donors (Lipinski definition) is 1. The van der Waals surface area contributed by atoms with Crippen LogP contribution in [0.1, 0.15) is 35.8 Å². The maximum atomic E-state index is 12.6. The number of carbonyl (C=O) groups is 2.